The first kappa shape index (κ1) is 19.3. The molecule has 0 bridgehead atoms. The normalized spacial score (nSPS) is 23.7. The maximum Gasteiger partial charge on any atom is 0.243 e. The molecule has 1 atom stereocenters. The molecule has 6 nitrogen and oxygen atoms in total. The Bertz CT molecular complexity index is 760. The topological polar surface area (TPSA) is 75.7 Å². The van der Waals surface area contributed by atoms with Gasteiger partial charge in [0.1, 0.15) is 5.82 Å². The molecule has 26 heavy (non-hydrogen) atoms. The zero-order valence-electron chi connectivity index (χ0n) is 14.9. The van der Waals surface area contributed by atoms with Gasteiger partial charge in [-0.1, -0.05) is 6.07 Å². The van der Waals surface area contributed by atoms with Gasteiger partial charge in [0.2, 0.25) is 15.9 Å². The van der Waals surface area contributed by atoms with E-state index in [2.05, 4.69) is 5.32 Å². The quantitative estimate of drug-likeness (QED) is 0.860. The van der Waals surface area contributed by atoms with E-state index in [1.807, 2.05) is 0 Å². The fourth-order valence-corrected chi connectivity index (χ4v) is 5.40. The Balaban J connectivity index is 1.66. The minimum atomic E-state index is -3.70. The van der Waals surface area contributed by atoms with Gasteiger partial charge >= 0.3 is 0 Å². The van der Waals surface area contributed by atoms with E-state index in [1.54, 1.807) is 7.05 Å². The van der Waals surface area contributed by atoms with Crippen LogP contribution in [0.2, 0.25) is 0 Å². The number of carbonyl (C=O) groups is 1. The van der Waals surface area contributed by atoms with Gasteiger partial charge in [0.15, 0.2) is 0 Å². The molecule has 2 saturated heterocycles. The molecule has 0 radical (unpaired) electrons. The molecule has 1 aromatic carbocycles. The molecule has 2 aliphatic rings. The molecule has 1 amide bonds. The summed E-state index contributed by atoms with van der Waals surface area (Å²) in [5.41, 5.74) is -0.356. The summed E-state index contributed by atoms with van der Waals surface area (Å²) in [6.07, 6.45) is 3.28. The van der Waals surface area contributed by atoms with Crippen molar-refractivity contribution in [2.75, 3.05) is 26.7 Å². The minimum Gasteiger partial charge on any atom is -0.375 e. The second-order valence-electron chi connectivity index (χ2n) is 7.13. The number of sulfonamides is 1. The maximum absolute atomic E-state index is 13.4. The summed E-state index contributed by atoms with van der Waals surface area (Å²) in [6.45, 7) is 1.27. The molecule has 2 fully saturated rings. The lowest BCUT2D eigenvalue weighted by Crippen LogP contribution is -2.51. The molecule has 0 aliphatic carbocycles. The Kier molecular flexibility index (Phi) is 5.64. The molecule has 1 spiro atoms. The highest BCUT2D eigenvalue weighted by molar-refractivity contribution is 7.89. The summed E-state index contributed by atoms with van der Waals surface area (Å²) < 4.78 is 46.3. The second kappa shape index (κ2) is 7.62. The van der Waals surface area contributed by atoms with Crippen LogP contribution in [-0.2, 0) is 19.6 Å². The summed E-state index contributed by atoms with van der Waals surface area (Å²) >= 11 is 0. The first-order chi connectivity index (χ1) is 12.3. The molecule has 0 aromatic heterocycles. The van der Waals surface area contributed by atoms with Gasteiger partial charge < -0.3 is 10.1 Å². The Labute approximate surface area is 153 Å². The summed E-state index contributed by atoms with van der Waals surface area (Å²) in [5, 5.41) is 2.66. The van der Waals surface area contributed by atoms with Crippen molar-refractivity contribution in [1.29, 1.82) is 0 Å². The number of nitrogens with zero attached hydrogens (tertiary/aromatic N) is 1. The Morgan fingerprint density at radius 1 is 1.38 bits per heavy atom. The van der Waals surface area contributed by atoms with Crippen molar-refractivity contribution in [1.82, 2.24) is 9.62 Å². The van der Waals surface area contributed by atoms with E-state index in [4.69, 9.17) is 4.74 Å². The van der Waals surface area contributed by atoms with E-state index in [-0.39, 0.29) is 22.3 Å². The minimum absolute atomic E-state index is 0.0181. The number of ether oxygens (including phenoxy) is 1. The molecular weight excluding hydrogens is 359 g/mol. The van der Waals surface area contributed by atoms with Gasteiger partial charge in [0.25, 0.3) is 0 Å². The van der Waals surface area contributed by atoms with Crippen LogP contribution >= 0.6 is 0 Å². The van der Waals surface area contributed by atoms with E-state index in [1.165, 1.54) is 22.5 Å². The van der Waals surface area contributed by atoms with Gasteiger partial charge in [-0.2, -0.15) is 4.31 Å². The van der Waals surface area contributed by atoms with E-state index in [0.29, 0.717) is 39.0 Å². The van der Waals surface area contributed by atoms with Crippen LogP contribution in [0.25, 0.3) is 0 Å². The average molecular weight is 384 g/mol. The maximum atomic E-state index is 13.4. The zero-order valence-corrected chi connectivity index (χ0v) is 15.7. The number of piperidine rings is 1. The van der Waals surface area contributed by atoms with Crippen molar-refractivity contribution in [3.8, 4) is 0 Å². The van der Waals surface area contributed by atoms with E-state index in [9.17, 15) is 17.6 Å². The van der Waals surface area contributed by atoms with Crippen molar-refractivity contribution < 1.29 is 22.3 Å². The third-order valence-electron chi connectivity index (χ3n) is 5.42. The van der Waals surface area contributed by atoms with Crippen molar-refractivity contribution in [3.05, 3.63) is 30.1 Å². The van der Waals surface area contributed by atoms with Gasteiger partial charge in [-0.05, 0) is 49.8 Å². The number of nitrogens with one attached hydrogen (secondary N) is 1. The van der Waals surface area contributed by atoms with Crippen LogP contribution in [0.1, 0.15) is 32.1 Å². The van der Waals surface area contributed by atoms with Crippen LogP contribution in [0.5, 0.6) is 0 Å². The van der Waals surface area contributed by atoms with Crippen LogP contribution in [0.15, 0.2) is 29.2 Å². The number of amides is 1. The largest absolute Gasteiger partial charge is 0.375 e. The highest BCUT2D eigenvalue weighted by Gasteiger charge is 2.43. The Hall–Kier alpha value is -1.51. The molecule has 2 heterocycles. The average Bonchev–Trinajstić information content (AvgIpc) is 2.62. The number of hydrogen-bond donors (Lipinski definition) is 1. The number of carbonyl (C=O) groups excluding carboxylic acids is 1. The monoisotopic (exact) mass is 384 g/mol. The van der Waals surface area contributed by atoms with Gasteiger partial charge in [-0.25, -0.2) is 12.8 Å². The van der Waals surface area contributed by atoms with Crippen LogP contribution < -0.4 is 5.32 Å². The number of hydrogen-bond acceptors (Lipinski definition) is 4. The Morgan fingerprint density at radius 2 is 2.12 bits per heavy atom. The van der Waals surface area contributed by atoms with Crippen LogP contribution in [-0.4, -0.2) is 51.0 Å². The van der Waals surface area contributed by atoms with Gasteiger partial charge in [-0.3, -0.25) is 4.79 Å². The summed E-state index contributed by atoms with van der Waals surface area (Å²) in [5.74, 6) is -0.277. The van der Waals surface area contributed by atoms with Gasteiger partial charge in [0, 0.05) is 33.2 Å². The highest BCUT2D eigenvalue weighted by Crippen LogP contribution is 2.39. The third kappa shape index (κ3) is 4.07. The van der Waals surface area contributed by atoms with E-state index in [0.717, 1.165) is 18.9 Å². The van der Waals surface area contributed by atoms with Crippen molar-refractivity contribution in [2.45, 2.75) is 42.6 Å². The molecule has 1 aromatic rings. The second-order valence-corrected chi connectivity index (χ2v) is 9.07. The van der Waals surface area contributed by atoms with Crippen molar-refractivity contribution in [2.24, 2.45) is 5.92 Å². The molecule has 2 aliphatic heterocycles. The lowest BCUT2D eigenvalue weighted by atomic mass is 9.78. The lowest BCUT2D eigenvalue weighted by molar-refractivity contribution is -0.132. The number of rotatable bonds is 4. The fraction of sp³-hybridized carbons (Fsp3) is 0.611. The Morgan fingerprint density at radius 3 is 2.77 bits per heavy atom. The lowest BCUT2D eigenvalue weighted by Gasteiger charge is -2.45. The van der Waals surface area contributed by atoms with Crippen LogP contribution in [0.4, 0.5) is 4.39 Å². The first-order valence-corrected chi connectivity index (χ1v) is 10.4. The summed E-state index contributed by atoms with van der Waals surface area (Å²) in [6, 6.07) is 5.10. The predicted octanol–water partition coefficient (Wildman–Crippen LogP) is 1.91. The van der Waals surface area contributed by atoms with Crippen molar-refractivity contribution >= 4 is 15.9 Å². The van der Waals surface area contributed by atoms with E-state index < -0.39 is 15.8 Å². The van der Waals surface area contributed by atoms with Gasteiger partial charge in [-0.15, -0.1) is 0 Å². The summed E-state index contributed by atoms with van der Waals surface area (Å²) in [7, 11) is -2.07. The zero-order chi connectivity index (χ0) is 18.8. The van der Waals surface area contributed by atoms with Crippen LogP contribution in [0.3, 0.4) is 0 Å². The smallest absolute Gasteiger partial charge is 0.243 e. The molecule has 0 saturated carbocycles. The molecule has 1 N–H and O–H groups in total. The SMILES string of the molecule is CNC(=O)CC1CCOC2(CCN(S(=O)(=O)c3cccc(F)c3)CC2)C1. The fourth-order valence-electron chi connectivity index (χ4n) is 3.93. The number of benzene rings is 1. The molecule has 1 unspecified atom stereocenters. The highest BCUT2D eigenvalue weighted by atomic mass is 32.2. The molecular formula is C18H25FN2O4S. The van der Waals surface area contributed by atoms with E-state index >= 15 is 0 Å². The van der Waals surface area contributed by atoms with Gasteiger partial charge in [0.05, 0.1) is 10.5 Å². The summed E-state index contributed by atoms with van der Waals surface area (Å²) in [4.78, 5) is 11.6. The number of halogens is 1. The van der Waals surface area contributed by atoms with Crippen LogP contribution in [0, 0.1) is 11.7 Å². The standard InChI is InChI=1S/C18H25FN2O4S/c1-20-17(22)11-14-5-10-25-18(13-14)6-8-21(9-7-18)26(23,24)16-4-2-3-15(19)12-16/h2-4,12,14H,5-11,13H2,1H3,(H,20,22). The molecule has 8 heteroatoms. The molecule has 3 rings (SSSR count). The third-order valence-corrected chi connectivity index (χ3v) is 7.31. The first-order valence-electron chi connectivity index (χ1n) is 8.95. The van der Waals surface area contributed by atoms with Crippen molar-refractivity contribution in [3.63, 3.8) is 0 Å². The predicted molar refractivity (Wildman–Crippen MR) is 94.5 cm³/mol. The molecule has 144 valence electrons.